The first-order valence-electron chi connectivity index (χ1n) is 9.11. The molecule has 1 aliphatic heterocycles. The summed E-state index contributed by atoms with van der Waals surface area (Å²) in [5.41, 5.74) is 8.57. The third-order valence-corrected chi connectivity index (χ3v) is 5.20. The van der Waals surface area contributed by atoms with E-state index in [0.29, 0.717) is 18.5 Å². The molecule has 0 aliphatic carbocycles. The average Bonchev–Trinajstić information content (AvgIpc) is 3.03. The van der Waals surface area contributed by atoms with Crippen molar-refractivity contribution >= 4 is 17.2 Å². The lowest BCUT2D eigenvalue weighted by atomic mass is 9.96. The summed E-state index contributed by atoms with van der Waals surface area (Å²) in [7, 11) is 1.76. The van der Waals surface area contributed by atoms with Crippen LogP contribution >= 0.6 is 0 Å². The molecular formula is C20H19F2N5O2. The minimum absolute atomic E-state index is 0.0900. The fraction of sp³-hybridized carbons (Fsp3) is 0.250. The Morgan fingerprint density at radius 1 is 1.14 bits per heavy atom. The predicted octanol–water partition coefficient (Wildman–Crippen LogP) is 2.18. The van der Waals surface area contributed by atoms with Crippen molar-refractivity contribution in [2.75, 3.05) is 18.5 Å². The Morgan fingerprint density at radius 3 is 2.62 bits per heavy atom. The number of nitrogens with zero attached hydrogens (tertiary/aromatic N) is 4. The van der Waals surface area contributed by atoms with Gasteiger partial charge in [-0.3, -0.25) is 9.20 Å². The second kappa shape index (κ2) is 7.25. The first-order chi connectivity index (χ1) is 13.9. The van der Waals surface area contributed by atoms with Gasteiger partial charge in [0.2, 0.25) is 5.91 Å². The molecule has 29 heavy (non-hydrogen) atoms. The summed E-state index contributed by atoms with van der Waals surface area (Å²) in [5.74, 6) is 0.0900. The number of amides is 1. The van der Waals surface area contributed by atoms with Crippen molar-refractivity contribution in [2.24, 2.45) is 5.73 Å². The van der Waals surface area contributed by atoms with Crippen LogP contribution in [0, 0.1) is 0 Å². The molecule has 0 unspecified atom stereocenters. The number of hydrogen-bond donors (Lipinski definition) is 1. The first-order valence-corrected chi connectivity index (χ1v) is 9.11. The van der Waals surface area contributed by atoms with Gasteiger partial charge < -0.3 is 10.6 Å². The predicted molar refractivity (Wildman–Crippen MR) is 105 cm³/mol. The molecule has 0 saturated carbocycles. The highest BCUT2D eigenvalue weighted by atomic mass is 19.3. The number of nitrogens with two attached hydrogens (primary N) is 1. The van der Waals surface area contributed by atoms with E-state index < -0.39 is 11.8 Å². The van der Waals surface area contributed by atoms with E-state index >= 15 is 0 Å². The van der Waals surface area contributed by atoms with Crippen LogP contribution in [0.5, 0.6) is 0 Å². The fourth-order valence-corrected chi connectivity index (χ4v) is 3.52. The highest BCUT2D eigenvalue weighted by Crippen LogP contribution is 2.31. The number of aryl methyl sites for hydroxylation is 1. The summed E-state index contributed by atoms with van der Waals surface area (Å²) in [6, 6.07) is 9.33. The van der Waals surface area contributed by atoms with Gasteiger partial charge in [-0.15, -0.1) is 5.10 Å². The lowest BCUT2D eigenvalue weighted by Gasteiger charge is -2.26. The first kappa shape index (κ1) is 19.0. The minimum Gasteiger partial charge on any atom is -0.327 e. The maximum Gasteiger partial charge on any atom is 0.350 e. The molecule has 7 nitrogen and oxygen atoms in total. The van der Waals surface area contributed by atoms with Gasteiger partial charge in [-0.05, 0) is 47.4 Å². The molecule has 2 N–H and O–H groups in total. The molecule has 150 valence electrons. The summed E-state index contributed by atoms with van der Waals surface area (Å²) in [6.07, 6.45) is 0.817. The Bertz CT molecular complexity index is 1210. The molecule has 4 rings (SSSR count). The SMILES string of the molecule is CN1C(=O)CCc2cc(-c3ccn4c(=O)n(CC(CN)=C(F)F)nc4c3)ccc21. The minimum atomic E-state index is -1.89. The molecule has 0 fully saturated rings. The third kappa shape index (κ3) is 3.33. The number of fused-ring (bicyclic) bond motifs is 2. The van der Waals surface area contributed by atoms with E-state index in [9.17, 15) is 18.4 Å². The van der Waals surface area contributed by atoms with Crippen molar-refractivity contribution in [1.29, 1.82) is 0 Å². The number of carbonyl (C=O) groups excluding carboxylic acids is 1. The highest BCUT2D eigenvalue weighted by molar-refractivity contribution is 5.96. The van der Waals surface area contributed by atoms with Gasteiger partial charge in [0.15, 0.2) is 5.65 Å². The van der Waals surface area contributed by atoms with Crippen LogP contribution < -0.4 is 16.3 Å². The molecule has 1 aliphatic rings. The van der Waals surface area contributed by atoms with Crippen molar-refractivity contribution in [3.8, 4) is 11.1 Å². The van der Waals surface area contributed by atoms with Crippen molar-refractivity contribution in [1.82, 2.24) is 14.2 Å². The van der Waals surface area contributed by atoms with E-state index in [4.69, 9.17) is 5.73 Å². The molecular weight excluding hydrogens is 380 g/mol. The zero-order chi connectivity index (χ0) is 20.7. The van der Waals surface area contributed by atoms with Crippen molar-refractivity contribution in [2.45, 2.75) is 19.4 Å². The fourth-order valence-electron chi connectivity index (χ4n) is 3.52. The van der Waals surface area contributed by atoms with Gasteiger partial charge in [-0.25, -0.2) is 9.48 Å². The summed E-state index contributed by atoms with van der Waals surface area (Å²) >= 11 is 0. The monoisotopic (exact) mass is 399 g/mol. The van der Waals surface area contributed by atoms with Crippen LogP contribution in [0.4, 0.5) is 14.5 Å². The molecule has 2 aromatic heterocycles. The topological polar surface area (TPSA) is 85.6 Å². The van der Waals surface area contributed by atoms with Gasteiger partial charge in [-0.1, -0.05) is 6.07 Å². The third-order valence-electron chi connectivity index (χ3n) is 5.20. The molecule has 1 amide bonds. The van der Waals surface area contributed by atoms with Crippen LogP contribution in [0.3, 0.4) is 0 Å². The second-order valence-electron chi connectivity index (χ2n) is 6.95. The van der Waals surface area contributed by atoms with Gasteiger partial charge in [-0.2, -0.15) is 8.78 Å². The van der Waals surface area contributed by atoms with Crippen molar-refractivity contribution < 1.29 is 13.6 Å². The van der Waals surface area contributed by atoms with Crippen molar-refractivity contribution in [3.05, 3.63) is 64.2 Å². The molecule has 9 heteroatoms. The lowest BCUT2D eigenvalue weighted by molar-refractivity contribution is -0.118. The standard InChI is InChI=1S/C20H19F2N5O2/c1-25-16-4-2-12(8-14(16)3-5-18(25)28)13-6-7-26-17(9-13)24-27(20(26)29)11-15(10-23)19(21)22/h2,4,6-9H,3,5,10-11,23H2,1H3. The van der Waals surface area contributed by atoms with E-state index in [-0.39, 0.29) is 24.6 Å². The van der Waals surface area contributed by atoms with Crippen LogP contribution in [0.1, 0.15) is 12.0 Å². The van der Waals surface area contributed by atoms with E-state index in [0.717, 1.165) is 27.1 Å². The van der Waals surface area contributed by atoms with Crippen molar-refractivity contribution in [3.63, 3.8) is 0 Å². The van der Waals surface area contributed by atoms with E-state index in [1.807, 2.05) is 18.2 Å². The van der Waals surface area contributed by atoms with E-state index in [1.54, 1.807) is 30.3 Å². The van der Waals surface area contributed by atoms with Crippen LogP contribution in [0.2, 0.25) is 0 Å². The molecule has 3 aromatic rings. The molecule has 0 atom stereocenters. The molecule has 0 saturated heterocycles. The Labute approximate surface area is 164 Å². The number of aromatic nitrogens is 3. The summed E-state index contributed by atoms with van der Waals surface area (Å²) in [6.45, 7) is -0.701. The van der Waals surface area contributed by atoms with Gasteiger partial charge >= 0.3 is 5.69 Å². The Hall–Kier alpha value is -3.33. The number of pyridine rings is 1. The smallest absolute Gasteiger partial charge is 0.327 e. The quantitative estimate of drug-likeness (QED) is 0.729. The number of hydrogen-bond acceptors (Lipinski definition) is 4. The number of halogens is 2. The normalized spacial score (nSPS) is 13.7. The molecule has 0 bridgehead atoms. The maximum absolute atomic E-state index is 12.9. The highest BCUT2D eigenvalue weighted by Gasteiger charge is 2.21. The van der Waals surface area contributed by atoms with Crippen LogP contribution in [-0.4, -0.2) is 33.7 Å². The number of benzene rings is 1. The van der Waals surface area contributed by atoms with Gasteiger partial charge in [0.25, 0.3) is 6.08 Å². The molecule has 0 radical (unpaired) electrons. The van der Waals surface area contributed by atoms with E-state index in [2.05, 4.69) is 5.10 Å². The van der Waals surface area contributed by atoms with Gasteiger partial charge in [0, 0.05) is 37.5 Å². The zero-order valence-corrected chi connectivity index (χ0v) is 15.7. The number of carbonyl (C=O) groups is 1. The zero-order valence-electron chi connectivity index (χ0n) is 15.7. The molecule has 1 aromatic carbocycles. The molecule has 0 spiro atoms. The van der Waals surface area contributed by atoms with Crippen LogP contribution in [0.15, 0.2) is 53.0 Å². The Balaban J connectivity index is 1.72. The summed E-state index contributed by atoms with van der Waals surface area (Å²) in [4.78, 5) is 25.9. The summed E-state index contributed by atoms with van der Waals surface area (Å²) in [5, 5.41) is 4.17. The van der Waals surface area contributed by atoms with E-state index in [1.165, 1.54) is 4.40 Å². The Kier molecular flexibility index (Phi) is 4.75. The van der Waals surface area contributed by atoms with Gasteiger partial charge in [0.1, 0.15) is 0 Å². The number of rotatable bonds is 4. The maximum atomic E-state index is 12.9. The summed E-state index contributed by atoms with van der Waals surface area (Å²) < 4.78 is 28.0. The second-order valence-corrected chi connectivity index (χ2v) is 6.95. The van der Waals surface area contributed by atoms with Crippen LogP contribution in [0.25, 0.3) is 16.8 Å². The average molecular weight is 399 g/mol. The number of anilines is 1. The largest absolute Gasteiger partial charge is 0.350 e. The molecule has 3 heterocycles. The van der Waals surface area contributed by atoms with Crippen LogP contribution in [-0.2, 0) is 17.8 Å². The lowest BCUT2D eigenvalue weighted by Crippen LogP contribution is -2.30. The Morgan fingerprint density at radius 2 is 1.90 bits per heavy atom. The van der Waals surface area contributed by atoms with Gasteiger partial charge in [0.05, 0.1) is 6.54 Å².